The zero-order chi connectivity index (χ0) is 14.6. The van der Waals surface area contributed by atoms with Gasteiger partial charge in [0, 0.05) is 25.7 Å². The van der Waals surface area contributed by atoms with Crippen LogP contribution in [-0.2, 0) is 10.9 Å². The van der Waals surface area contributed by atoms with E-state index in [9.17, 15) is 13.2 Å². The van der Waals surface area contributed by atoms with Crippen molar-refractivity contribution < 1.29 is 17.9 Å². The molecule has 1 aliphatic heterocycles. The van der Waals surface area contributed by atoms with E-state index in [-0.39, 0.29) is 18.2 Å². The van der Waals surface area contributed by atoms with Crippen LogP contribution in [0.1, 0.15) is 30.0 Å². The van der Waals surface area contributed by atoms with Crippen molar-refractivity contribution in [1.29, 1.82) is 0 Å². The Morgan fingerprint density at radius 3 is 2.70 bits per heavy atom. The highest BCUT2D eigenvalue weighted by atomic mass is 19.4. The molecule has 2 rings (SSSR count). The first-order valence-electron chi connectivity index (χ1n) is 6.73. The van der Waals surface area contributed by atoms with Gasteiger partial charge in [-0.25, -0.2) is 0 Å². The smallest absolute Gasteiger partial charge is 0.377 e. The Kier molecular flexibility index (Phi) is 5.01. The molecule has 0 aliphatic carbocycles. The lowest BCUT2D eigenvalue weighted by Crippen LogP contribution is -2.35. The van der Waals surface area contributed by atoms with Crippen LogP contribution in [0.3, 0.4) is 0 Å². The second-order valence-electron chi connectivity index (χ2n) is 4.92. The van der Waals surface area contributed by atoms with Gasteiger partial charge in [0.2, 0.25) is 0 Å². The SMILES string of the molecule is NCC(NCC1CCCO1)c1ccccc1C(F)(F)F. The maximum Gasteiger partial charge on any atom is 0.416 e. The molecular weight excluding hydrogens is 269 g/mol. The molecule has 0 radical (unpaired) electrons. The maximum atomic E-state index is 13.0. The number of nitrogens with two attached hydrogens (primary N) is 1. The van der Waals surface area contributed by atoms with Gasteiger partial charge in [0.1, 0.15) is 0 Å². The van der Waals surface area contributed by atoms with Crippen LogP contribution in [-0.4, -0.2) is 25.8 Å². The molecule has 20 heavy (non-hydrogen) atoms. The van der Waals surface area contributed by atoms with E-state index in [4.69, 9.17) is 10.5 Å². The van der Waals surface area contributed by atoms with Crippen molar-refractivity contribution in [1.82, 2.24) is 5.32 Å². The molecule has 1 aromatic carbocycles. The van der Waals surface area contributed by atoms with E-state index in [1.165, 1.54) is 12.1 Å². The van der Waals surface area contributed by atoms with Gasteiger partial charge < -0.3 is 15.8 Å². The van der Waals surface area contributed by atoms with Gasteiger partial charge in [0.05, 0.1) is 11.7 Å². The van der Waals surface area contributed by atoms with Crippen LogP contribution in [0, 0.1) is 0 Å². The zero-order valence-electron chi connectivity index (χ0n) is 11.1. The van der Waals surface area contributed by atoms with Crippen molar-refractivity contribution in [3.63, 3.8) is 0 Å². The largest absolute Gasteiger partial charge is 0.416 e. The van der Waals surface area contributed by atoms with E-state index in [2.05, 4.69) is 5.32 Å². The molecule has 2 atom stereocenters. The highest BCUT2D eigenvalue weighted by molar-refractivity contribution is 5.32. The lowest BCUT2D eigenvalue weighted by Gasteiger charge is -2.23. The fourth-order valence-electron chi connectivity index (χ4n) is 2.46. The first kappa shape index (κ1) is 15.3. The molecular formula is C14H19F3N2O. The summed E-state index contributed by atoms with van der Waals surface area (Å²) >= 11 is 0. The van der Waals surface area contributed by atoms with Crippen LogP contribution in [0.25, 0.3) is 0 Å². The van der Waals surface area contributed by atoms with Crippen LogP contribution < -0.4 is 11.1 Å². The number of halogens is 3. The lowest BCUT2D eigenvalue weighted by molar-refractivity contribution is -0.138. The predicted octanol–water partition coefficient (Wildman–Crippen LogP) is 2.47. The standard InChI is InChI=1S/C14H19F3N2O/c15-14(16,17)12-6-2-1-5-11(12)13(8-18)19-9-10-4-3-7-20-10/h1-2,5-6,10,13,19H,3-4,7-9,18H2. The summed E-state index contributed by atoms with van der Waals surface area (Å²) in [5.41, 5.74) is 5.20. The van der Waals surface area contributed by atoms with Crippen molar-refractivity contribution in [3.8, 4) is 0 Å². The minimum atomic E-state index is -4.37. The fraction of sp³-hybridized carbons (Fsp3) is 0.571. The summed E-state index contributed by atoms with van der Waals surface area (Å²) in [7, 11) is 0. The summed E-state index contributed by atoms with van der Waals surface area (Å²) in [5, 5.41) is 3.09. The average molecular weight is 288 g/mol. The summed E-state index contributed by atoms with van der Waals surface area (Å²) in [6, 6.07) is 5.03. The Bertz CT molecular complexity index is 431. The topological polar surface area (TPSA) is 47.3 Å². The van der Waals surface area contributed by atoms with Crippen molar-refractivity contribution in [3.05, 3.63) is 35.4 Å². The Morgan fingerprint density at radius 1 is 1.35 bits per heavy atom. The summed E-state index contributed by atoms with van der Waals surface area (Å²) in [6.07, 6.45) is -2.36. The second kappa shape index (κ2) is 6.56. The molecule has 1 aromatic rings. The average Bonchev–Trinajstić information content (AvgIpc) is 2.92. The first-order chi connectivity index (χ1) is 9.52. The molecule has 112 valence electrons. The van der Waals surface area contributed by atoms with Crippen molar-refractivity contribution in [2.24, 2.45) is 5.73 Å². The zero-order valence-corrected chi connectivity index (χ0v) is 11.1. The molecule has 3 nitrogen and oxygen atoms in total. The van der Waals surface area contributed by atoms with E-state index in [0.717, 1.165) is 25.5 Å². The third-order valence-electron chi connectivity index (χ3n) is 3.49. The molecule has 2 unspecified atom stereocenters. The minimum absolute atomic E-state index is 0.0714. The molecule has 1 saturated heterocycles. The molecule has 0 amide bonds. The van der Waals surface area contributed by atoms with E-state index in [1.807, 2.05) is 0 Å². The summed E-state index contributed by atoms with van der Waals surface area (Å²) < 4.78 is 44.4. The molecule has 0 aromatic heterocycles. The molecule has 1 aliphatic rings. The summed E-state index contributed by atoms with van der Waals surface area (Å²) in [4.78, 5) is 0. The number of hydrogen-bond acceptors (Lipinski definition) is 3. The third kappa shape index (κ3) is 3.71. The number of hydrogen-bond donors (Lipinski definition) is 2. The van der Waals surface area contributed by atoms with E-state index >= 15 is 0 Å². The molecule has 1 heterocycles. The van der Waals surface area contributed by atoms with Crippen molar-refractivity contribution >= 4 is 0 Å². The van der Waals surface area contributed by atoms with E-state index in [1.54, 1.807) is 6.07 Å². The molecule has 0 bridgehead atoms. The number of alkyl halides is 3. The van der Waals surface area contributed by atoms with Gasteiger partial charge in [0.25, 0.3) is 0 Å². The van der Waals surface area contributed by atoms with Crippen LogP contribution in [0.2, 0.25) is 0 Å². The molecule has 0 spiro atoms. The quantitative estimate of drug-likeness (QED) is 0.875. The minimum Gasteiger partial charge on any atom is -0.377 e. The monoisotopic (exact) mass is 288 g/mol. The normalized spacial score (nSPS) is 21.1. The van der Waals surface area contributed by atoms with Gasteiger partial charge in [0.15, 0.2) is 0 Å². The van der Waals surface area contributed by atoms with Gasteiger partial charge in [-0.2, -0.15) is 13.2 Å². The van der Waals surface area contributed by atoms with Gasteiger partial charge >= 0.3 is 6.18 Å². The van der Waals surface area contributed by atoms with Crippen LogP contribution in [0.5, 0.6) is 0 Å². The molecule has 6 heteroatoms. The van der Waals surface area contributed by atoms with Crippen LogP contribution in [0.15, 0.2) is 24.3 Å². The number of nitrogens with one attached hydrogen (secondary N) is 1. The highest BCUT2D eigenvalue weighted by Crippen LogP contribution is 2.34. The highest BCUT2D eigenvalue weighted by Gasteiger charge is 2.34. The van der Waals surface area contributed by atoms with Crippen molar-refractivity contribution in [2.45, 2.75) is 31.2 Å². The molecule has 0 saturated carbocycles. The number of benzene rings is 1. The van der Waals surface area contributed by atoms with Crippen LogP contribution in [0.4, 0.5) is 13.2 Å². The fourth-order valence-corrected chi connectivity index (χ4v) is 2.46. The summed E-state index contributed by atoms with van der Waals surface area (Å²) in [5.74, 6) is 0. The Balaban J connectivity index is 2.10. The van der Waals surface area contributed by atoms with Crippen molar-refractivity contribution in [2.75, 3.05) is 19.7 Å². The predicted molar refractivity (Wildman–Crippen MR) is 70.2 cm³/mol. The Morgan fingerprint density at radius 2 is 2.10 bits per heavy atom. The molecule has 1 fully saturated rings. The van der Waals surface area contributed by atoms with Gasteiger partial charge in [-0.15, -0.1) is 0 Å². The van der Waals surface area contributed by atoms with E-state index < -0.39 is 17.8 Å². The molecule has 3 N–H and O–H groups in total. The van der Waals surface area contributed by atoms with E-state index in [0.29, 0.717) is 6.54 Å². The number of ether oxygens (including phenoxy) is 1. The first-order valence-corrected chi connectivity index (χ1v) is 6.73. The van der Waals surface area contributed by atoms with Gasteiger partial charge in [-0.05, 0) is 24.5 Å². The Labute approximate surface area is 116 Å². The second-order valence-corrected chi connectivity index (χ2v) is 4.92. The number of rotatable bonds is 5. The van der Waals surface area contributed by atoms with Gasteiger partial charge in [-0.3, -0.25) is 0 Å². The summed E-state index contributed by atoms with van der Waals surface area (Å²) in [6.45, 7) is 1.35. The third-order valence-corrected chi connectivity index (χ3v) is 3.49. The van der Waals surface area contributed by atoms with Crippen LogP contribution >= 0.6 is 0 Å². The lowest BCUT2D eigenvalue weighted by atomic mass is 9.99. The Hall–Kier alpha value is -1.11. The maximum absolute atomic E-state index is 13.0. The van der Waals surface area contributed by atoms with Gasteiger partial charge in [-0.1, -0.05) is 18.2 Å².